The van der Waals surface area contributed by atoms with Gasteiger partial charge < -0.3 is 0 Å². The maximum absolute atomic E-state index is 3.22. The van der Waals surface area contributed by atoms with Gasteiger partial charge in [0.2, 0.25) is 0 Å². The molecular weight excluding hydrogens is 237 g/mol. The van der Waals surface area contributed by atoms with Crippen LogP contribution in [-0.2, 0) is 6.42 Å². The SMILES string of the molecule is [Se]=C1CCN2CCCc3cccc1c32. The van der Waals surface area contributed by atoms with Gasteiger partial charge in [-0.2, -0.15) is 0 Å². The van der Waals surface area contributed by atoms with Crippen molar-refractivity contribution in [3.8, 4) is 0 Å². The molecule has 1 aromatic carbocycles. The second-order valence-corrected chi connectivity index (χ2v) is 5.11. The van der Waals surface area contributed by atoms with E-state index in [0.29, 0.717) is 0 Å². The molecule has 0 saturated carbocycles. The van der Waals surface area contributed by atoms with Gasteiger partial charge in [-0.1, -0.05) is 0 Å². The fraction of sp³-hybridized carbons (Fsp3) is 0.417. The number of hydrogen-bond acceptors (Lipinski definition) is 1. The minimum absolute atomic E-state index is 1.19. The quantitative estimate of drug-likeness (QED) is 0.631. The van der Waals surface area contributed by atoms with Crippen LogP contribution in [0.2, 0.25) is 0 Å². The third kappa shape index (κ3) is 1.18. The van der Waals surface area contributed by atoms with Gasteiger partial charge in [-0.05, 0) is 0 Å². The molecule has 0 amide bonds. The van der Waals surface area contributed by atoms with Gasteiger partial charge in [0.25, 0.3) is 0 Å². The molecule has 72 valence electrons. The molecule has 1 aromatic rings. The third-order valence-corrected chi connectivity index (χ3v) is 4.11. The summed E-state index contributed by atoms with van der Waals surface area (Å²) >= 11 is 3.22. The number of nitrogens with zero attached hydrogens (tertiary/aromatic N) is 1. The Kier molecular flexibility index (Phi) is 2.00. The molecule has 14 heavy (non-hydrogen) atoms. The molecule has 2 aliphatic rings. The van der Waals surface area contributed by atoms with Crippen LogP contribution in [0.4, 0.5) is 5.69 Å². The Morgan fingerprint density at radius 1 is 1.14 bits per heavy atom. The topological polar surface area (TPSA) is 3.24 Å². The summed E-state index contributed by atoms with van der Waals surface area (Å²) in [5, 5.41) is 0. The second kappa shape index (κ2) is 3.22. The zero-order valence-electron chi connectivity index (χ0n) is 8.12. The normalized spacial score (nSPS) is 19.4. The molecule has 0 N–H and O–H groups in total. The van der Waals surface area contributed by atoms with Crippen molar-refractivity contribution in [1.82, 2.24) is 0 Å². The predicted molar refractivity (Wildman–Crippen MR) is 61.5 cm³/mol. The first-order chi connectivity index (χ1) is 6.86. The molecule has 0 aliphatic carbocycles. The molecule has 2 aliphatic heterocycles. The van der Waals surface area contributed by atoms with Crippen LogP contribution in [0.5, 0.6) is 0 Å². The van der Waals surface area contributed by atoms with Crippen molar-refractivity contribution in [2.24, 2.45) is 0 Å². The summed E-state index contributed by atoms with van der Waals surface area (Å²) < 4.78 is 1.44. The van der Waals surface area contributed by atoms with Crippen LogP contribution >= 0.6 is 0 Å². The first-order valence-corrected chi connectivity index (χ1v) is 6.12. The Morgan fingerprint density at radius 2 is 2.07 bits per heavy atom. The van der Waals surface area contributed by atoms with Gasteiger partial charge in [-0.15, -0.1) is 0 Å². The first-order valence-electron chi connectivity index (χ1n) is 5.26. The van der Waals surface area contributed by atoms with Crippen LogP contribution in [0, 0.1) is 0 Å². The Hall–Kier alpha value is -0.591. The van der Waals surface area contributed by atoms with E-state index in [9.17, 15) is 0 Å². The van der Waals surface area contributed by atoms with Crippen LogP contribution in [0.25, 0.3) is 0 Å². The van der Waals surface area contributed by atoms with Crippen LogP contribution in [0.15, 0.2) is 18.2 Å². The molecule has 0 radical (unpaired) electrons. The maximum atomic E-state index is 3.22. The summed E-state index contributed by atoms with van der Waals surface area (Å²) in [4.78, 5) is 2.55. The Balaban J connectivity index is 2.24. The average molecular weight is 250 g/mol. The molecule has 0 aromatic heterocycles. The number of rotatable bonds is 0. The van der Waals surface area contributed by atoms with Crippen molar-refractivity contribution in [1.29, 1.82) is 0 Å². The molecule has 3 rings (SSSR count). The monoisotopic (exact) mass is 251 g/mol. The minimum atomic E-state index is 1.19. The van der Waals surface area contributed by atoms with Gasteiger partial charge in [-0.3, -0.25) is 0 Å². The Morgan fingerprint density at radius 3 is 3.00 bits per heavy atom. The van der Waals surface area contributed by atoms with Crippen molar-refractivity contribution < 1.29 is 0 Å². The average Bonchev–Trinajstić information content (AvgIpc) is 2.24. The van der Waals surface area contributed by atoms with Gasteiger partial charge in [0.15, 0.2) is 0 Å². The first kappa shape index (κ1) is 8.70. The Labute approximate surface area is 92.5 Å². The summed E-state index contributed by atoms with van der Waals surface area (Å²) in [6.45, 7) is 2.45. The fourth-order valence-electron chi connectivity index (χ4n) is 2.56. The standard InChI is InChI=1S/C12H13NSe/c14-11-6-8-13-7-2-4-9-3-1-5-10(11)12(9)13/h1,3,5H,2,4,6-8H2. The predicted octanol–water partition coefficient (Wildman–Crippen LogP) is 1.53. The zero-order chi connectivity index (χ0) is 9.54. The van der Waals surface area contributed by atoms with E-state index in [0.717, 1.165) is 0 Å². The van der Waals surface area contributed by atoms with Crippen molar-refractivity contribution in [3.05, 3.63) is 29.3 Å². The van der Waals surface area contributed by atoms with Gasteiger partial charge in [0.05, 0.1) is 0 Å². The van der Waals surface area contributed by atoms with E-state index in [1.807, 2.05) is 0 Å². The number of hydrogen-bond donors (Lipinski definition) is 0. The molecular formula is C12H13NSe. The van der Waals surface area contributed by atoms with E-state index in [-0.39, 0.29) is 0 Å². The van der Waals surface area contributed by atoms with Crippen molar-refractivity contribution in [3.63, 3.8) is 0 Å². The Bertz CT molecular complexity index is 397. The van der Waals surface area contributed by atoms with Crippen LogP contribution in [0.3, 0.4) is 0 Å². The van der Waals surface area contributed by atoms with Gasteiger partial charge in [-0.25, -0.2) is 0 Å². The number of para-hydroxylation sites is 1. The molecule has 0 spiro atoms. The van der Waals surface area contributed by atoms with Gasteiger partial charge >= 0.3 is 92.3 Å². The summed E-state index contributed by atoms with van der Waals surface area (Å²) in [5.41, 5.74) is 4.51. The van der Waals surface area contributed by atoms with Gasteiger partial charge in [0.1, 0.15) is 0 Å². The van der Waals surface area contributed by atoms with Crippen molar-refractivity contribution in [2.45, 2.75) is 19.3 Å². The summed E-state index contributed by atoms with van der Waals surface area (Å²) in [6.07, 6.45) is 3.77. The zero-order valence-corrected chi connectivity index (χ0v) is 9.84. The molecule has 0 saturated heterocycles. The third-order valence-electron chi connectivity index (χ3n) is 3.22. The fourth-order valence-corrected chi connectivity index (χ4v) is 3.10. The van der Waals surface area contributed by atoms with E-state index < -0.39 is 0 Å². The van der Waals surface area contributed by atoms with Crippen molar-refractivity contribution >= 4 is 25.7 Å². The second-order valence-electron chi connectivity index (χ2n) is 4.08. The summed E-state index contributed by atoms with van der Waals surface area (Å²) in [5.74, 6) is 0. The van der Waals surface area contributed by atoms with Crippen LogP contribution < -0.4 is 4.90 Å². The van der Waals surface area contributed by atoms with E-state index in [2.05, 4.69) is 38.7 Å². The summed E-state index contributed by atoms with van der Waals surface area (Å²) in [7, 11) is 0. The number of benzene rings is 1. The van der Waals surface area contributed by atoms with Gasteiger partial charge in [0, 0.05) is 0 Å². The summed E-state index contributed by atoms with van der Waals surface area (Å²) in [6, 6.07) is 6.73. The van der Waals surface area contributed by atoms with E-state index in [1.54, 1.807) is 5.56 Å². The van der Waals surface area contributed by atoms with Crippen LogP contribution in [-0.4, -0.2) is 33.1 Å². The van der Waals surface area contributed by atoms with Crippen molar-refractivity contribution in [2.75, 3.05) is 18.0 Å². The number of aryl methyl sites for hydroxylation is 1. The molecule has 0 bridgehead atoms. The molecule has 0 atom stereocenters. The molecule has 0 unspecified atom stereocenters. The molecule has 2 heterocycles. The van der Waals surface area contributed by atoms with E-state index >= 15 is 0 Å². The van der Waals surface area contributed by atoms with Crippen LogP contribution in [0.1, 0.15) is 24.0 Å². The number of anilines is 1. The molecule has 1 nitrogen and oxygen atoms in total. The molecule has 0 fully saturated rings. The van der Waals surface area contributed by atoms with E-state index in [1.165, 1.54) is 48.0 Å². The molecule has 2 heteroatoms. The van der Waals surface area contributed by atoms with E-state index in [4.69, 9.17) is 0 Å².